The van der Waals surface area contributed by atoms with Crippen LogP contribution in [0.15, 0.2) is 73.6 Å². The summed E-state index contributed by atoms with van der Waals surface area (Å²) in [5, 5.41) is 79.2. The van der Waals surface area contributed by atoms with Gasteiger partial charge in [0.05, 0.1) is 31.2 Å². The van der Waals surface area contributed by atoms with Gasteiger partial charge in [-0.1, -0.05) is 58.4 Å². The number of imidazole rings is 2. The Bertz CT molecular complexity index is 2910. The molecule has 18 N–H and O–H groups in total. The van der Waals surface area contributed by atoms with Crippen molar-refractivity contribution in [1.29, 1.82) is 0 Å². The number of rotatable bonds is 35. The molecule has 11 atom stereocenters. The average molecular weight is 1190 g/mol. The summed E-state index contributed by atoms with van der Waals surface area (Å²) in [6.07, 6.45) is 0.387. The van der Waals surface area contributed by atoms with Gasteiger partial charge < -0.3 is 88.9 Å². The van der Waals surface area contributed by atoms with Gasteiger partial charge in [0.25, 0.3) is 0 Å². The summed E-state index contributed by atoms with van der Waals surface area (Å²) in [7, 11) is 0. The van der Waals surface area contributed by atoms with Gasteiger partial charge in [-0.05, 0) is 73.4 Å². The summed E-state index contributed by atoms with van der Waals surface area (Å²) < 4.78 is 0. The number of carbonyl (C=O) groups excluding carboxylic acids is 8. The highest BCUT2D eigenvalue weighted by atomic mass is 16.4. The molecule has 0 saturated carbocycles. The monoisotopic (exact) mass is 1190 g/mol. The fraction of sp³-hybridized carbons (Fsp3) is 0.473. The number of carbonyl (C=O) groups is 11. The molecule has 85 heavy (non-hydrogen) atoms. The molecular formula is C55H75N13O17. The summed E-state index contributed by atoms with van der Waals surface area (Å²) in [4.78, 5) is 162. The second-order valence-electron chi connectivity index (χ2n) is 20.9. The maximum atomic E-state index is 14.4. The molecule has 0 radical (unpaired) electrons. The third kappa shape index (κ3) is 22.7. The Balaban J connectivity index is 1.58. The maximum absolute atomic E-state index is 14.4. The molecule has 30 nitrogen and oxygen atoms in total. The van der Waals surface area contributed by atoms with E-state index in [9.17, 15) is 83.4 Å². The van der Waals surface area contributed by atoms with Gasteiger partial charge in [-0.2, -0.15) is 0 Å². The van der Waals surface area contributed by atoms with E-state index in [-0.39, 0.29) is 61.6 Å². The number of nitrogens with one attached hydrogen (secondary N) is 10. The number of amides is 8. The van der Waals surface area contributed by atoms with Crippen molar-refractivity contribution in [2.24, 2.45) is 17.6 Å². The van der Waals surface area contributed by atoms with Crippen molar-refractivity contribution >= 4 is 65.2 Å². The number of aliphatic hydroxyl groups is 1. The van der Waals surface area contributed by atoms with E-state index in [0.29, 0.717) is 16.8 Å². The molecule has 0 bridgehead atoms. The van der Waals surface area contributed by atoms with E-state index in [0.717, 1.165) is 6.92 Å². The lowest BCUT2D eigenvalue weighted by Gasteiger charge is -2.30. The first kappa shape index (κ1) is 68.1. The summed E-state index contributed by atoms with van der Waals surface area (Å²) >= 11 is 0. The molecule has 4 aromatic rings. The Morgan fingerprint density at radius 1 is 0.506 bits per heavy atom. The number of H-pyrrole nitrogens is 2. The number of aliphatic carboxylic acids is 3. The van der Waals surface area contributed by atoms with E-state index in [4.69, 9.17) is 5.73 Å². The van der Waals surface area contributed by atoms with Gasteiger partial charge in [-0.3, -0.25) is 47.9 Å². The molecule has 0 aliphatic rings. The van der Waals surface area contributed by atoms with E-state index in [1.54, 1.807) is 20.8 Å². The van der Waals surface area contributed by atoms with Gasteiger partial charge in [-0.15, -0.1) is 0 Å². The first-order chi connectivity index (χ1) is 40.1. The number of phenolic OH excluding ortho intramolecular Hbond substituents is 2. The lowest BCUT2D eigenvalue weighted by Crippen LogP contribution is -2.63. The van der Waals surface area contributed by atoms with E-state index in [2.05, 4.69) is 62.5 Å². The number of aromatic amines is 2. The molecule has 0 saturated heterocycles. The van der Waals surface area contributed by atoms with Crippen molar-refractivity contribution in [2.75, 3.05) is 0 Å². The molecule has 0 aliphatic heterocycles. The highest BCUT2D eigenvalue weighted by Crippen LogP contribution is 2.16. The van der Waals surface area contributed by atoms with Crippen molar-refractivity contribution in [3.8, 4) is 11.5 Å². The molecule has 2 heterocycles. The van der Waals surface area contributed by atoms with Crippen LogP contribution in [0.3, 0.4) is 0 Å². The van der Waals surface area contributed by atoms with Crippen LogP contribution in [0, 0.1) is 11.8 Å². The van der Waals surface area contributed by atoms with Gasteiger partial charge in [-0.25, -0.2) is 14.8 Å². The van der Waals surface area contributed by atoms with Crippen molar-refractivity contribution in [3.05, 3.63) is 96.1 Å². The van der Waals surface area contributed by atoms with E-state index >= 15 is 0 Å². The highest BCUT2D eigenvalue weighted by Gasteiger charge is 2.38. The van der Waals surface area contributed by atoms with E-state index in [1.165, 1.54) is 80.5 Å². The summed E-state index contributed by atoms with van der Waals surface area (Å²) in [6, 6.07) is -3.07. The summed E-state index contributed by atoms with van der Waals surface area (Å²) in [5.41, 5.74) is 7.76. The smallest absolute Gasteiger partial charge is 0.326 e. The molecule has 0 spiro atoms. The number of aromatic hydroxyl groups is 2. The second kappa shape index (κ2) is 33.0. The molecule has 2 aromatic heterocycles. The first-order valence-electron chi connectivity index (χ1n) is 27.2. The predicted octanol–water partition coefficient (Wildman–Crippen LogP) is -2.08. The van der Waals surface area contributed by atoms with Crippen LogP contribution in [0.4, 0.5) is 0 Å². The number of phenols is 2. The van der Waals surface area contributed by atoms with Crippen LogP contribution in [-0.4, -0.2) is 176 Å². The molecule has 30 heteroatoms. The SMILES string of the molecule is CC[C@H](C)[C@H](NC(=O)[C@H](CC(=O)O)NC(=O)[C@H](CCC(=O)O)NC(=O)[C@H](Cc1cnc[nH]1)NC(=O)[C@@H](N)Cc1ccc(O)cc1)C(=O)N[C@@H](Cc1cnc[nH]1)C(=O)N[C@H](C(=O)N[C@@H](Cc1ccc(O)cc1)C(=O)N[C@@H](CC(C)C)C(=O)O)[C@@H](C)O. The van der Waals surface area contributed by atoms with Gasteiger partial charge >= 0.3 is 17.9 Å². The fourth-order valence-electron chi connectivity index (χ4n) is 8.55. The minimum Gasteiger partial charge on any atom is -0.508 e. The third-order valence-corrected chi connectivity index (χ3v) is 13.4. The summed E-state index contributed by atoms with van der Waals surface area (Å²) in [5.74, 6) is -14.0. The van der Waals surface area contributed by atoms with Crippen LogP contribution in [0.5, 0.6) is 11.5 Å². The number of aromatic nitrogens is 4. The normalized spacial score (nSPS) is 15.1. The number of nitrogens with two attached hydrogens (primary N) is 1. The number of hydrogen-bond donors (Lipinski definition) is 17. The number of carboxylic acid groups (broad SMARTS) is 3. The van der Waals surface area contributed by atoms with Crippen LogP contribution in [0.2, 0.25) is 0 Å². The van der Waals surface area contributed by atoms with Crippen molar-refractivity contribution in [1.82, 2.24) is 62.5 Å². The minimum absolute atomic E-state index is 0.0256. The quantitative estimate of drug-likeness (QED) is 0.0235. The molecule has 4 rings (SSSR count). The number of hydrogen-bond acceptors (Lipinski definition) is 17. The van der Waals surface area contributed by atoms with Gasteiger partial charge in [0.2, 0.25) is 47.3 Å². The Labute approximate surface area is 487 Å². The Morgan fingerprint density at radius 3 is 1.36 bits per heavy atom. The largest absolute Gasteiger partial charge is 0.508 e. The van der Waals surface area contributed by atoms with Crippen LogP contribution in [0.1, 0.15) is 89.2 Å². The topological polar surface area (TPSA) is 489 Å². The average Bonchev–Trinajstić information content (AvgIpc) is 4.27. The fourth-order valence-corrected chi connectivity index (χ4v) is 8.55. The lowest BCUT2D eigenvalue weighted by molar-refractivity contribution is -0.143. The van der Waals surface area contributed by atoms with E-state index in [1.807, 2.05) is 0 Å². The minimum atomic E-state index is -2.01. The van der Waals surface area contributed by atoms with Crippen LogP contribution in [0.25, 0.3) is 0 Å². The molecule has 0 unspecified atom stereocenters. The van der Waals surface area contributed by atoms with E-state index < -0.39 is 151 Å². The first-order valence-corrected chi connectivity index (χ1v) is 27.2. The van der Waals surface area contributed by atoms with Crippen LogP contribution in [-0.2, 0) is 78.4 Å². The second-order valence-corrected chi connectivity index (χ2v) is 20.9. The molecular weight excluding hydrogens is 1110 g/mol. The molecule has 462 valence electrons. The molecule has 2 aromatic carbocycles. The van der Waals surface area contributed by atoms with Crippen molar-refractivity contribution < 1.29 is 83.4 Å². The number of nitrogens with zero attached hydrogens (tertiary/aromatic N) is 2. The standard InChI is InChI=1S/C55H75N13O17/c1-6-28(4)45(53(82)65-40(21-33-24-58-26-60-33)51(80)68-46(29(5)69)54(83)64-38(19-31-9-13-35(71)14-10-31)49(78)66-42(55(84)85)17-27(2)3)67-52(81)41(22-44(74)75)63-48(77)37(15-16-43(72)73)61-50(79)39(20-32-23-57-25-59-32)62-47(76)36(56)18-30-7-11-34(70)12-8-30/h7-14,23-29,36-42,45-46,69-71H,6,15-22,56H2,1-5H3,(H,57,59)(H,58,60)(H,61,79)(H,62,76)(H,63,77)(H,64,83)(H,65,82)(H,66,78)(H,67,81)(H,68,80)(H,72,73)(H,74,75)(H,84,85)/t28-,29+,36-,37-,38-,39-,40-,41-,42-,45-,46-/m0/s1. The molecule has 8 amide bonds. The van der Waals surface area contributed by atoms with Gasteiger partial charge in [0, 0.05) is 49.5 Å². The zero-order chi connectivity index (χ0) is 63.1. The third-order valence-electron chi connectivity index (χ3n) is 13.4. The van der Waals surface area contributed by atoms with Gasteiger partial charge in [0.1, 0.15) is 59.8 Å². The maximum Gasteiger partial charge on any atom is 0.326 e. The van der Waals surface area contributed by atoms with Gasteiger partial charge in [0.15, 0.2) is 0 Å². The highest BCUT2D eigenvalue weighted by molar-refractivity contribution is 5.99. The van der Waals surface area contributed by atoms with Crippen molar-refractivity contribution in [2.45, 2.75) is 153 Å². The number of aliphatic hydroxyl groups excluding tert-OH is 1. The number of benzene rings is 2. The molecule has 0 fully saturated rings. The van der Waals surface area contributed by atoms with Crippen LogP contribution < -0.4 is 48.3 Å². The van der Waals surface area contributed by atoms with Crippen LogP contribution >= 0.6 is 0 Å². The Hall–Kier alpha value is -9.45. The predicted molar refractivity (Wildman–Crippen MR) is 299 cm³/mol. The zero-order valence-electron chi connectivity index (χ0n) is 47.4. The molecule has 0 aliphatic carbocycles. The Kier molecular flexibility index (Phi) is 26.4. The summed E-state index contributed by atoms with van der Waals surface area (Å²) in [6.45, 7) is 7.78. The number of carboxylic acids is 3. The lowest BCUT2D eigenvalue weighted by atomic mass is 9.96. The Morgan fingerprint density at radius 2 is 0.918 bits per heavy atom. The van der Waals surface area contributed by atoms with Crippen molar-refractivity contribution in [3.63, 3.8) is 0 Å². The zero-order valence-corrected chi connectivity index (χ0v) is 47.4.